The summed E-state index contributed by atoms with van der Waals surface area (Å²) in [5.41, 5.74) is -0.105. The van der Waals surface area contributed by atoms with E-state index in [-0.39, 0.29) is 24.8 Å². The van der Waals surface area contributed by atoms with Crippen molar-refractivity contribution < 1.29 is 32.2 Å². The number of pyridine rings is 1. The second-order valence-electron chi connectivity index (χ2n) is 7.39. The number of anilines is 1. The van der Waals surface area contributed by atoms with E-state index in [9.17, 15) is 18.0 Å². The van der Waals surface area contributed by atoms with Crippen LogP contribution >= 0.6 is 0 Å². The smallest absolute Gasteiger partial charge is 0.419 e. The Labute approximate surface area is 184 Å². The lowest BCUT2D eigenvalue weighted by atomic mass is 9.96. The van der Waals surface area contributed by atoms with Crippen molar-refractivity contribution in [2.24, 2.45) is 5.92 Å². The van der Waals surface area contributed by atoms with Gasteiger partial charge in [-0.3, -0.25) is 4.79 Å². The highest BCUT2D eigenvalue weighted by Crippen LogP contribution is 2.37. The Balaban J connectivity index is 1.71. The zero-order valence-corrected chi connectivity index (χ0v) is 18.2. The second-order valence-corrected chi connectivity index (χ2v) is 7.39. The number of amides is 1. The lowest BCUT2D eigenvalue weighted by Crippen LogP contribution is -2.43. The summed E-state index contributed by atoms with van der Waals surface area (Å²) >= 11 is 0. The topological polar surface area (TPSA) is 72.9 Å². The molecule has 7 nitrogen and oxygen atoms in total. The summed E-state index contributed by atoms with van der Waals surface area (Å²) in [4.78, 5) is 18.3. The van der Waals surface area contributed by atoms with Crippen molar-refractivity contribution in [3.8, 4) is 17.2 Å². The SMILES string of the molecule is COc1cc(OC)c(OC)cc1CNC(=O)C1CCCN(c2ncccc2C(F)(F)F)C1. The van der Waals surface area contributed by atoms with Crippen LogP contribution in [0.2, 0.25) is 0 Å². The minimum Gasteiger partial charge on any atom is -0.496 e. The molecule has 0 aliphatic carbocycles. The molecule has 1 fully saturated rings. The van der Waals surface area contributed by atoms with Crippen molar-refractivity contribution in [3.05, 3.63) is 41.6 Å². The molecule has 2 heterocycles. The molecule has 1 aliphatic heterocycles. The third-order valence-electron chi connectivity index (χ3n) is 5.42. The van der Waals surface area contributed by atoms with Crippen molar-refractivity contribution in [2.75, 3.05) is 39.3 Å². The molecule has 1 aliphatic rings. The van der Waals surface area contributed by atoms with Gasteiger partial charge in [-0.15, -0.1) is 0 Å². The van der Waals surface area contributed by atoms with Crippen LogP contribution in [0.25, 0.3) is 0 Å². The van der Waals surface area contributed by atoms with Gasteiger partial charge in [-0.1, -0.05) is 0 Å². The van der Waals surface area contributed by atoms with E-state index >= 15 is 0 Å². The van der Waals surface area contributed by atoms with Gasteiger partial charge in [0.25, 0.3) is 0 Å². The van der Waals surface area contributed by atoms with Gasteiger partial charge in [0.15, 0.2) is 11.5 Å². The molecule has 1 amide bonds. The molecular weight excluding hydrogens is 427 g/mol. The number of ether oxygens (including phenoxy) is 3. The first-order valence-electron chi connectivity index (χ1n) is 10.1. The molecule has 1 unspecified atom stereocenters. The lowest BCUT2D eigenvalue weighted by Gasteiger charge is -2.34. The number of rotatable bonds is 7. The molecule has 0 saturated carbocycles. The number of alkyl halides is 3. The van der Waals surface area contributed by atoms with Crippen LogP contribution in [0.5, 0.6) is 17.2 Å². The fourth-order valence-electron chi connectivity index (χ4n) is 3.81. The van der Waals surface area contributed by atoms with Crippen LogP contribution in [-0.2, 0) is 17.5 Å². The molecule has 3 rings (SSSR count). The van der Waals surface area contributed by atoms with Crippen LogP contribution in [0.4, 0.5) is 19.0 Å². The van der Waals surface area contributed by atoms with Crippen LogP contribution in [0.1, 0.15) is 24.0 Å². The molecule has 1 atom stereocenters. The Hall–Kier alpha value is -3.17. The van der Waals surface area contributed by atoms with Crippen molar-refractivity contribution >= 4 is 11.7 Å². The predicted molar refractivity (Wildman–Crippen MR) is 112 cm³/mol. The summed E-state index contributed by atoms with van der Waals surface area (Å²) in [5.74, 6) is 0.680. The number of aromatic nitrogens is 1. The van der Waals surface area contributed by atoms with Crippen molar-refractivity contribution in [3.63, 3.8) is 0 Å². The normalized spacial score (nSPS) is 16.4. The van der Waals surface area contributed by atoms with Crippen LogP contribution < -0.4 is 24.4 Å². The Bertz CT molecular complexity index is 953. The quantitative estimate of drug-likeness (QED) is 0.690. The van der Waals surface area contributed by atoms with E-state index in [0.29, 0.717) is 42.2 Å². The van der Waals surface area contributed by atoms with Gasteiger partial charge < -0.3 is 24.4 Å². The van der Waals surface area contributed by atoms with Crippen molar-refractivity contribution in [1.29, 1.82) is 0 Å². The van der Waals surface area contributed by atoms with E-state index in [1.807, 2.05) is 0 Å². The molecule has 1 aromatic carbocycles. The Morgan fingerprint density at radius 3 is 2.50 bits per heavy atom. The maximum Gasteiger partial charge on any atom is 0.419 e. The van der Waals surface area contributed by atoms with Crippen molar-refractivity contribution in [2.45, 2.75) is 25.6 Å². The van der Waals surface area contributed by atoms with Crippen molar-refractivity contribution in [1.82, 2.24) is 10.3 Å². The lowest BCUT2D eigenvalue weighted by molar-refractivity contribution is -0.137. The van der Waals surface area contributed by atoms with Gasteiger partial charge in [0.05, 0.1) is 32.8 Å². The Morgan fingerprint density at radius 1 is 1.16 bits per heavy atom. The van der Waals surface area contributed by atoms with Crippen LogP contribution in [-0.4, -0.2) is 45.3 Å². The number of methoxy groups -OCH3 is 3. The summed E-state index contributed by atoms with van der Waals surface area (Å²) in [6.07, 6.45) is -2.01. The Morgan fingerprint density at radius 2 is 1.84 bits per heavy atom. The van der Waals surface area contributed by atoms with E-state index in [1.165, 1.54) is 38.5 Å². The predicted octanol–water partition coefficient (Wildman–Crippen LogP) is 3.66. The van der Waals surface area contributed by atoms with Gasteiger partial charge in [0, 0.05) is 37.5 Å². The van der Waals surface area contributed by atoms with E-state index in [4.69, 9.17) is 14.2 Å². The Kier molecular flexibility index (Phi) is 7.32. The van der Waals surface area contributed by atoms with Gasteiger partial charge in [-0.2, -0.15) is 13.2 Å². The first-order valence-corrected chi connectivity index (χ1v) is 10.1. The maximum absolute atomic E-state index is 13.4. The molecule has 1 saturated heterocycles. The number of nitrogens with one attached hydrogen (secondary N) is 1. The minimum absolute atomic E-state index is 0.140. The highest BCUT2D eigenvalue weighted by atomic mass is 19.4. The van der Waals surface area contributed by atoms with E-state index in [0.717, 1.165) is 6.07 Å². The third-order valence-corrected chi connectivity index (χ3v) is 5.42. The third kappa shape index (κ3) is 5.17. The molecule has 10 heteroatoms. The summed E-state index contributed by atoms with van der Waals surface area (Å²) in [7, 11) is 4.53. The average molecular weight is 453 g/mol. The molecule has 0 bridgehead atoms. The molecule has 2 aromatic rings. The van der Waals surface area contributed by atoms with Gasteiger partial charge in [0.1, 0.15) is 11.6 Å². The molecule has 1 N–H and O–H groups in total. The first-order chi connectivity index (χ1) is 15.3. The highest BCUT2D eigenvalue weighted by molar-refractivity contribution is 5.79. The van der Waals surface area contributed by atoms with E-state index in [1.54, 1.807) is 12.1 Å². The largest absolute Gasteiger partial charge is 0.496 e. The number of carbonyl (C=O) groups excluding carboxylic acids is 1. The summed E-state index contributed by atoms with van der Waals surface area (Å²) in [5, 5.41) is 2.86. The number of benzene rings is 1. The first kappa shape index (κ1) is 23.5. The molecule has 0 radical (unpaired) electrons. The van der Waals surface area contributed by atoms with Crippen LogP contribution in [0.15, 0.2) is 30.5 Å². The molecule has 0 spiro atoms. The average Bonchev–Trinajstić information content (AvgIpc) is 2.81. The number of piperidine rings is 1. The molecular formula is C22H26F3N3O4. The number of hydrogen-bond acceptors (Lipinski definition) is 6. The van der Waals surface area contributed by atoms with Gasteiger partial charge >= 0.3 is 6.18 Å². The zero-order valence-electron chi connectivity index (χ0n) is 18.2. The summed E-state index contributed by atoms with van der Waals surface area (Å²) < 4.78 is 56.1. The van der Waals surface area contributed by atoms with Gasteiger partial charge in [-0.05, 0) is 31.0 Å². The van der Waals surface area contributed by atoms with E-state index in [2.05, 4.69) is 10.3 Å². The number of hydrogen-bond donors (Lipinski definition) is 1. The summed E-state index contributed by atoms with van der Waals surface area (Å²) in [6, 6.07) is 5.66. The summed E-state index contributed by atoms with van der Waals surface area (Å²) in [6.45, 7) is 0.749. The van der Waals surface area contributed by atoms with Crippen LogP contribution in [0, 0.1) is 5.92 Å². The molecule has 174 valence electrons. The van der Waals surface area contributed by atoms with E-state index < -0.39 is 17.7 Å². The van der Waals surface area contributed by atoms with Crippen LogP contribution in [0.3, 0.4) is 0 Å². The zero-order chi connectivity index (χ0) is 23.3. The number of carbonyl (C=O) groups is 1. The molecule has 32 heavy (non-hydrogen) atoms. The van der Waals surface area contributed by atoms with Gasteiger partial charge in [-0.25, -0.2) is 4.98 Å². The fraction of sp³-hybridized carbons (Fsp3) is 0.455. The fourth-order valence-corrected chi connectivity index (χ4v) is 3.81. The molecule has 1 aromatic heterocycles. The second kappa shape index (κ2) is 9.97. The monoisotopic (exact) mass is 453 g/mol. The van der Waals surface area contributed by atoms with Gasteiger partial charge in [0.2, 0.25) is 5.91 Å². The standard InChI is InChI=1S/C22H26F3N3O4/c1-30-17-11-19(32-3)18(31-2)10-15(17)12-27-21(29)14-6-5-9-28(13-14)20-16(22(23,24)25)7-4-8-26-20/h4,7-8,10-11,14H,5-6,9,12-13H2,1-3H3,(H,27,29). The number of nitrogens with zero attached hydrogens (tertiary/aromatic N) is 2. The highest BCUT2D eigenvalue weighted by Gasteiger charge is 2.37. The maximum atomic E-state index is 13.4. The number of halogens is 3. The minimum atomic E-state index is -4.51.